The fraction of sp³-hybridized carbons (Fsp3) is 0.647. The molecule has 0 aromatic heterocycles. The minimum Gasteiger partial charge on any atom is -0.462 e. The minimum atomic E-state index is -1.82. The predicted molar refractivity (Wildman–Crippen MR) is 94.2 cm³/mol. The lowest BCUT2D eigenvalue weighted by molar-refractivity contribution is -0.384. The normalized spacial score (nSPS) is 40.2. The minimum absolute atomic E-state index is 0.0365. The molecule has 0 bridgehead atoms. The van der Waals surface area contributed by atoms with Crippen molar-refractivity contribution in [3.8, 4) is 5.75 Å². The predicted octanol–water partition coefficient (Wildman–Crippen LogP) is -3.38. The molecule has 0 spiro atoms. The zero-order valence-electron chi connectivity index (χ0n) is 15.4. The van der Waals surface area contributed by atoms with Gasteiger partial charge in [0.05, 0.1) is 11.5 Å². The molecule has 2 aliphatic heterocycles. The van der Waals surface area contributed by atoms with Crippen LogP contribution < -0.4 is 4.74 Å². The molecule has 2 fully saturated rings. The molecule has 1 unspecified atom stereocenters. The molecule has 1 aromatic rings. The Morgan fingerprint density at radius 3 is 2.03 bits per heavy atom. The van der Waals surface area contributed by atoms with Gasteiger partial charge in [0.25, 0.3) is 5.69 Å². The second-order valence-electron chi connectivity index (χ2n) is 7.10. The van der Waals surface area contributed by atoms with Crippen LogP contribution in [0.2, 0.25) is 0 Å². The molecule has 13 nitrogen and oxygen atoms in total. The molecule has 0 saturated carbocycles. The SMILES string of the molecule is O=[N+]([O-])c1ccc(O[C@H]2O[C@H](C(O)[C@@H]3O[C@H](CO)[C@@H](O)[C@@H]3O)[C@@H](O)[C@H](O)[C@H]2O)cc1. The van der Waals surface area contributed by atoms with E-state index in [1.165, 1.54) is 12.1 Å². The molecule has 10 atom stereocenters. The number of rotatable bonds is 6. The number of benzene rings is 1. The summed E-state index contributed by atoms with van der Waals surface area (Å²) in [6.45, 7) is -0.636. The Bertz CT molecular complexity index is 732. The summed E-state index contributed by atoms with van der Waals surface area (Å²) in [6, 6.07) is 4.73. The summed E-state index contributed by atoms with van der Waals surface area (Å²) in [5.41, 5.74) is -0.208. The van der Waals surface area contributed by atoms with E-state index in [4.69, 9.17) is 19.3 Å². The van der Waals surface area contributed by atoms with E-state index in [0.717, 1.165) is 12.1 Å². The van der Waals surface area contributed by atoms with Gasteiger partial charge in [-0.1, -0.05) is 0 Å². The van der Waals surface area contributed by atoms with E-state index < -0.39 is 72.8 Å². The first-order valence-corrected chi connectivity index (χ1v) is 9.07. The third kappa shape index (κ3) is 4.25. The Kier molecular flexibility index (Phi) is 6.86. The summed E-state index contributed by atoms with van der Waals surface area (Å²) < 4.78 is 16.0. The van der Waals surface area contributed by atoms with E-state index in [-0.39, 0.29) is 11.4 Å². The van der Waals surface area contributed by atoms with Gasteiger partial charge in [0.2, 0.25) is 6.29 Å². The maximum atomic E-state index is 10.7. The van der Waals surface area contributed by atoms with Crippen molar-refractivity contribution < 1.29 is 54.9 Å². The van der Waals surface area contributed by atoms with E-state index in [9.17, 15) is 40.8 Å². The summed E-state index contributed by atoms with van der Waals surface area (Å²) in [7, 11) is 0. The Labute approximate surface area is 169 Å². The highest BCUT2D eigenvalue weighted by Crippen LogP contribution is 2.31. The van der Waals surface area contributed by atoms with Crippen LogP contribution in [0.15, 0.2) is 24.3 Å². The molecule has 3 rings (SSSR count). The second-order valence-corrected chi connectivity index (χ2v) is 7.10. The van der Waals surface area contributed by atoms with Crippen LogP contribution in [-0.2, 0) is 9.47 Å². The van der Waals surface area contributed by atoms with Crippen molar-refractivity contribution in [3.05, 3.63) is 34.4 Å². The largest absolute Gasteiger partial charge is 0.462 e. The number of aliphatic hydroxyl groups is 7. The van der Waals surface area contributed by atoms with Gasteiger partial charge in [-0.2, -0.15) is 0 Å². The van der Waals surface area contributed by atoms with Crippen LogP contribution in [0.5, 0.6) is 5.75 Å². The fourth-order valence-corrected chi connectivity index (χ4v) is 3.43. The van der Waals surface area contributed by atoms with Crippen LogP contribution in [0.4, 0.5) is 5.69 Å². The number of nitro groups is 1. The maximum Gasteiger partial charge on any atom is 0.269 e. The molecule has 168 valence electrons. The van der Waals surface area contributed by atoms with Gasteiger partial charge < -0.3 is 50.0 Å². The first kappa shape index (κ1) is 22.7. The smallest absolute Gasteiger partial charge is 0.269 e. The highest BCUT2D eigenvalue weighted by atomic mass is 16.7. The van der Waals surface area contributed by atoms with Crippen molar-refractivity contribution in [2.75, 3.05) is 6.61 Å². The summed E-state index contributed by atoms with van der Waals surface area (Å²) in [4.78, 5) is 10.1. The molecule has 0 amide bonds. The van der Waals surface area contributed by atoms with Gasteiger partial charge >= 0.3 is 0 Å². The molecular weight excluding hydrogens is 410 g/mol. The van der Waals surface area contributed by atoms with Crippen LogP contribution >= 0.6 is 0 Å². The number of nitro benzene ring substituents is 1. The zero-order chi connectivity index (χ0) is 22.2. The second kappa shape index (κ2) is 9.05. The molecule has 30 heavy (non-hydrogen) atoms. The van der Waals surface area contributed by atoms with Crippen molar-refractivity contribution in [2.45, 2.75) is 61.2 Å². The van der Waals surface area contributed by atoms with Crippen molar-refractivity contribution in [2.24, 2.45) is 0 Å². The number of ether oxygens (including phenoxy) is 3. The third-order valence-electron chi connectivity index (χ3n) is 5.16. The van der Waals surface area contributed by atoms with Gasteiger partial charge in [-0.05, 0) is 12.1 Å². The molecule has 2 heterocycles. The van der Waals surface area contributed by atoms with Crippen LogP contribution in [0.3, 0.4) is 0 Å². The average Bonchev–Trinajstić information content (AvgIpc) is 3.02. The van der Waals surface area contributed by atoms with Crippen molar-refractivity contribution >= 4 is 5.69 Å². The molecule has 2 saturated heterocycles. The summed E-state index contributed by atoms with van der Waals surface area (Å²) in [5, 5.41) is 80.8. The third-order valence-corrected chi connectivity index (χ3v) is 5.16. The lowest BCUT2D eigenvalue weighted by Gasteiger charge is -2.43. The van der Waals surface area contributed by atoms with Gasteiger partial charge in [-0.25, -0.2) is 0 Å². The van der Waals surface area contributed by atoms with E-state index in [2.05, 4.69) is 0 Å². The number of hydrogen-bond acceptors (Lipinski definition) is 12. The van der Waals surface area contributed by atoms with Gasteiger partial charge in [0, 0.05) is 12.1 Å². The Morgan fingerprint density at radius 2 is 1.50 bits per heavy atom. The van der Waals surface area contributed by atoms with Crippen molar-refractivity contribution in [1.82, 2.24) is 0 Å². The Morgan fingerprint density at radius 1 is 0.933 bits per heavy atom. The number of nitrogens with zero attached hydrogens (tertiary/aromatic N) is 1. The van der Waals surface area contributed by atoms with Crippen LogP contribution in [0.25, 0.3) is 0 Å². The quantitative estimate of drug-likeness (QED) is 0.173. The average molecular weight is 433 g/mol. The summed E-state index contributed by atoms with van der Waals surface area (Å²) in [5.74, 6) is 0.0365. The first-order chi connectivity index (χ1) is 14.1. The zero-order valence-corrected chi connectivity index (χ0v) is 15.4. The molecule has 2 aliphatic rings. The Hall–Kier alpha value is -1.94. The van der Waals surface area contributed by atoms with Crippen LogP contribution in [-0.4, -0.2) is 109 Å². The van der Waals surface area contributed by atoms with Crippen molar-refractivity contribution in [1.29, 1.82) is 0 Å². The molecule has 1 aromatic carbocycles. The molecular formula is C17H23NO12. The highest BCUT2D eigenvalue weighted by molar-refractivity contribution is 5.36. The van der Waals surface area contributed by atoms with Crippen LogP contribution in [0.1, 0.15) is 0 Å². The lowest BCUT2D eigenvalue weighted by atomic mass is 9.91. The Balaban J connectivity index is 1.75. The number of non-ortho nitro benzene ring substituents is 1. The molecule has 0 aliphatic carbocycles. The summed E-state index contributed by atoms with van der Waals surface area (Å²) in [6.07, 6.45) is -16.1. The lowest BCUT2D eigenvalue weighted by Crippen LogP contribution is -2.64. The monoisotopic (exact) mass is 433 g/mol. The molecule has 7 N–H and O–H groups in total. The van der Waals surface area contributed by atoms with Crippen LogP contribution in [0, 0.1) is 10.1 Å². The number of hydrogen-bond donors (Lipinski definition) is 7. The van der Waals surface area contributed by atoms with E-state index >= 15 is 0 Å². The van der Waals surface area contributed by atoms with Gasteiger partial charge in [-0.3, -0.25) is 10.1 Å². The topological polar surface area (TPSA) is 212 Å². The van der Waals surface area contributed by atoms with E-state index in [1.54, 1.807) is 0 Å². The van der Waals surface area contributed by atoms with Gasteiger partial charge in [0.15, 0.2) is 0 Å². The van der Waals surface area contributed by atoms with E-state index in [1.807, 2.05) is 0 Å². The highest BCUT2D eigenvalue weighted by Gasteiger charge is 2.54. The first-order valence-electron chi connectivity index (χ1n) is 9.07. The summed E-state index contributed by atoms with van der Waals surface area (Å²) >= 11 is 0. The van der Waals surface area contributed by atoms with Gasteiger partial charge in [0.1, 0.15) is 60.7 Å². The molecule has 0 radical (unpaired) electrons. The fourth-order valence-electron chi connectivity index (χ4n) is 3.43. The maximum absolute atomic E-state index is 10.7. The van der Waals surface area contributed by atoms with Gasteiger partial charge in [-0.15, -0.1) is 0 Å². The standard InChI is InChI=1S/C17H23NO12/c19-5-8-9(20)11(22)15(29-8)14(25)16-12(23)10(21)13(24)17(30-16)28-7-3-1-6(2-4-7)18(26)27/h1-4,8-17,19-25H,5H2/t8-,9-,10+,11+,12+,13-,14?,15-,16+,17+/m1/s1. The van der Waals surface area contributed by atoms with E-state index in [0.29, 0.717) is 0 Å². The molecule has 13 heteroatoms. The number of aliphatic hydroxyl groups excluding tert-OH is 7. The van der Waals surface area contributed by atoms with Crippen molar-refractivity contribution in [3.63, 3.8) is 0 Å².